The lowest BCUT2D eigenvalue weighted by molar-refractivity contribution is 0.276. The topological polar surface area (TPSA) is 60.0 Å². The van der Waals surface area contributed by atoms with Crippen molar-refractivity contribution < 1.29 is 0 Å². The van der Waals surface area contributed by atoms with E-state index < -0.39 is 0 Å². The van der Waals surface area contributed by atoms with Gasteiger partial charge in [-0.1, -0.05) is 42.5 Å². The summed E-state index contributed by atoms with van der Waals surface area (Å²) in [4.78, 5) is 6.43. The first-order valence-electron chi connectivity index (χ1n) is 8.67. The summed E-state index contributed by atoms with van der Waals surface area (Å²) in [6, 6.07) is 17.1. The van der Waals surface area contributed by atoms with Crippen molar-refractivity contribution in [3.63, 3.8) is 0 Å². The molecule has 0 radical (unpaired) electrons. The van der Waals surface area contributed by atoms with Gasteiger partial charge in [-0.25, -0.2) is 9.67 Å². The Morgan fingerprint density at radius 2 is 1.85 bits per heavy atom. The molecule has 0 atom stereocenters. The van der Waals surface area contributed by atoms with Gasteiger partial charge in [-0.15, -0.1) is 12.4 Å². The largest absolute Gasteiger partial charge is 0.329 e. The fourth-order valence-electron chi connectivity index (χ4n) is 3.05. The molecule has 138 valence electrons. The Labute approximate surface area is 161 Å². The molecule has 2 aromatic carbocycles. The Hall–Kier alpha value is -2.21. The molecule has 5 nitrogen and oxygen atoms in total. The highest BCUT2D eigenvalue weighted by molar-refractivity contribution is 5.85. The van der Waals surface area contributed by atoms with Crippen LogP contribution in [-0.2, 0) is 13.0 Å². The van der Waals surface area contributed by atoms with E-state index in [0.29, 0.717) is 6.54 Å². The van der Waals surface area contributed by atoms with Gasteiger partial charge in [0, 0.05) is 26.2 Å². The monoisotopic (exact) mass is 371 g/mol. The van der Waals surface area contributed by atoms with Crippen LogP contribution in [0.2, 0.25) is 0 Å². The van der Waals surface area contributed by atoms with E-state index in [1.807, 2.05) is 0 Å². The van der Waals surface area contributed by atoms with Crippen molar-refractivity contribution in [1.29, 1.82) is 0 Å². The Balaban J connectivity index is 0.00000243. The van der Waals surface area contributed by atoms with Gasteiger partial charge in [-0.3, -0.25) is 4.90 Å². The van der Waals surface area contributed by atoms with Gasteiger partial charge in [-0.05, 0) is 36.1 Å². The first kappa shape index (κ1) is 20.1. The molecule has 1 heterocycles. The van der Waals surface area contributed by atoms with Crippen molar-refractivity contribution in [2.45, 2.75) is 19.9 Å². The standard InChI is InChI=1S/C20H25N5.ClH/c1-17-13-19(7-8-20(17)25-16-22-15-23-25)14-24(12-10-21)11-9-18-5-3-2-4-6-18;/h2-8,13,15-16H,9-12,14,21H2,1H3;1H. The SMILES string of the molecule is Cc1cc(CN(CCN)CCc2ccccc2)ccc1-n1cncn1.Cl. The summed E-state index contributed by atoms with van der Waals surface area (Å²) in [7, 11) is 0. The molecule has 3 rings (SSSR count). The molecule has 0 aliphatic carbocycles. The number of aryl methyl sites for hydroxylation is 1. The summed E-state index contributed by atoms with van der Waals surface area (Å²) < 4.78 is 1.80. The summed E-state index contributed by atoms with van der Waals surface area (Å²) in [6.07, 6.45) is 4.32. The molecule has 0 aliphatic heterocycles. The van der Waals surface area contributed by atoms with Gasteiger partial charge in [0.2, 0.25) is 0 Å². The molecule has 2 N–H and O–H groups in total. The highest BCUT2D eigenvalue weighted by atomic mass is 35.5. The van der Waals surface area contributed by atoms with E-state index in [1.165, 1.54) is 16.7 Å². The molecule has 26 heavy (non-hydrogen) atoms. The molecule has 0 saturated carbocycles. The number of hydrogen-bond donors (Lipinski definition) is 1. The summed E-state index contributed by atoms with van der Waals surface area (Å²) >= 11 is 0. The Kier molecular flexibility index (Phi) is 7.78. The lowest BCUT2D eigenvalue weighted by Crippen LogP contribution is -2.31. The maximum absolute atomic E-state index is 5.81. The van der Waals surface area contributed by atoms with Crippen molar-refractivity contribution in [1.82, 2.24) is 19.7 Å². The zero-order valence-corrected chi connectivity index (χ0v) is 15.9. The lowest BCUT2D eigenvalue weighted by Gasteiger charge is -2.22. The molecular weight excluding hydrogens is 346 g/mol. The van der Waals surface area contributed by atoms with Gasteiger partial charge in [0.15, 0.2) is 0 Å². The highest BCUT2D eigenvalue weighted by Crippen LogP contribution is 2.16. The quantitative estimate of drug-likeness (QED) is 0.661. The van der Waals surface area contributed by atoms with Gasteiger partial charge in [0.05, 0.1) is 5.69 Å². The predicted octanol–water partition coefficient (Wildman–Crippen LogP) is 3.00. The van der Waals surface area contributed by atoms with Crippen LogP contribution in [0.3, 0.4) is 0 Å². The van der Waals surface area contributed by atoms with E-state index >= 15 is 0 Å². The van der Waals surface area contributed by atoms with Gasteiger partial charge >= 0.3 is 0 Å². The number of rotatable bonds is 8. The zero-order chi connectivity index (χ0) is 17.5. The number of nitrogens with zero attached hydrogens (tertiary/aromatic N) is 4. The minimum atomic E-state index is 0. The van der Waals surface area contributed by atoms with Crippen molar-refractivity contribution in [2.75, 3.05) is 19.6 Å². The second kappa shape index (κ2) is 10.1. The average Bonchev–Trinajstić information content (AvgIpc) is 3.15. The molecule has 6 heteroatoms. The third-order valence-electron chi connectivity index (χ3n) is 4.34. The zero-order valence-electron chi connectivity index (χ0n) is 15.1. The minimum Gasteiger partial charge on any atom is -0.329 e. The molecule has 3 aromatic rings. The van der Waals surface area contributed by atoms with Crippen LogP contribution in [0, 0.1) is 6.92 Å². The second-order valence-electron chi connectivity index (χ2n) is 6.26. The lowest BCUT2D eigenvalue weighted by atomic mass is 10.1. The molecule has 0 fully saturated rings. The van der Waals surface area contributed by atoms with Gasteiger partial charge in [0.25, 0.3) is 0 Å². The normalized spacial score (nSPS) is 10.7. The van der Waals surface area contributed by atoms with Crippen LogP contribution in [0.25, 0.3) is 5.69 Å². The Morgan fingerprint density at radius 3 is 2.50 bits per heavy atom. The van der Waals surface area contributed by atoms with E-state index in [1.54, 1.807) is 17.3 Å². The molecule has 0 saturated heterocycles. The maximum atomic E-state index is 5.81. The summed E-state index contributed by atoms with van der Waals surface area (Å²) in [5, 5.41) is 4.21. The molecular formula is C20H26ClN5. The Bertz CT molecular complexity index is 774. The van der Waals surface area contributed by atoms with Crippen molar-refractivity contribution in [2.24, 2.45) is 5.73 Å². The van der Waals surface area contributed by atoms with Gasteiger partial charge < -0.3 is 5.73 Å². The summed E-state index contributed by atoms with van der Waals surface area (Å²) in [5.41, 5.74) is 10.7. The second-order valence-corrected chi connectivity index (χ2v) is 6.26. The third-order valence-corrected chi connectivity index (χ3v) is 4.34. The smallest absolute Gasteiger partial charge is 0.138 e. The van der Waals surface area contributed by atoms with E-state index in [9.17, 15) is 0 Å². The van der Waals surface area contributed by atoms with Crippen LogP contribution in [0.4, 0.5) is 0 Å². The van der Waals surface area contributed by atoms with Crippen molar-refractivity contribution >= 4 is 12.4 Å². The minimum absolute atomic E-state index is 0. The predicted molar refractivity (Wildman–Crippen MR) is 108 cm³/mol. The number of hydrogen-bond acceptors (Lipinski definition) is 4. The molecule has 0 unspecified atom stereocenters. The van der Waals surface area contributed by atoms with Crippen LogP contribution < -0.4 is 5.73 Å². The fraction of sp³-hybridized carbons (Fsp3) is 0.300. The summed E-state index contributed by atoms with van der Waals surface area (Å²) in [5.74, 6) is 0. The molecule has 0 spiro atoms. The number of benzene rings is 2. The van der Waals surface area contributed by atoms with E-state index in [0.717, 1.165) is 31.7 Å². The van der Waals surface area contributed by atoms with Crippen LogP contribution in [-0.4, -0.2) is 39.3 Å². The average molecular weight is 372 g/mol. The fourth-order valence-corrected chi connectivity index (χ4v) is 3.05. The van der Waals surface area contributed by atoms with Crippen LogP contribution in [0.5, 0.6) is 0 Å². The van der Waals surface area contributed by atoms with E-state index in [4.69, 9.17) is 5.73 Å². The molecule has 0 amide bonds. The first-order chi connectivity index (χ1) is 12.3. The van der Waals surface area contributed by atoms with Crippen molar-refractivity contribution in [3.05, 3.63) is 77.9 Å². The van der Waals surface area contributed by atoms with Crippen molar-refractivity contribution in [3.8, 4) is 5.69 Å². The molecule has 0 aliphatic rings. The van der Waals surface area contributed by atoms with E-state index in [2.05, 4.69) is 70.4 Å². The van der Waals surface area contributed by atoms with E-state index in [-0.39, 0.29) is 12.4 Å². The van der Waals surface area contributed by atoms with Crippen LogP contribution in [0.15, 0.2) is 61.2 Å². The van der Waals surface area contributed by atoms with Gasteiger partial charge in [0.1, 0.15) is 12.7 Å². The Morgan fingerprint density at radius 1 is 1.04 bits per heavy atom. The highest BCUT2D eigenvalue weighted by Gasteiger charge is 2.08. The number of halogens is 1. The first-order valence-corrected chi connectivity index (χ1v) is 8.67. The third kappa shape index (κ3) is 5.39. The number of nitrogens with two attached hydrogens (primary N) is 1. The number of aromatic nitrogens is 3. The molecule has 1 aromatic heterocycles. The van der Waals surface area contributed by atoms with Crippen LogP contribution in [0.1, 0.15) is 16.7 Å². The maximum Gasteiger partial charge on any atom is 0.138 e. The molecule has 0 bridgehead atoms. The summed E-state index contributed by atoms with van der Waals surface area (Å²) in [6.45, 7) is 5.59. The van der Waals surface area contributed by atoms with Gasteiger partial charge in [-0.2, -0.15) is 5.10 Å². The van der Waals surface area contributed by atoms with Crippen LogP contribution >= 0.6 is 12.4 Å².